The lowest BCUT2D eigenvalue weighted by atomic mass is 10.1. The molecule has 2 bridgehead atoms. The molecule has 2 aliphatic rings. The van der Waals surface area contributed by atoms with E-state index in [1.807, 2.05) is 71.6 Å². The van der Waals surface area contributed by atoms with Gasteiger partial charge in [0.05, 0.1) is 31.1 Å². The van der Waals surface area contributed by atoms with E-state index in [9.17, 15) is 4.79 Å². The summed E-state index contributed by atoms with van der Waals surface area (Å²) in [6.07, 6.45) is 2.46. The van der Waals surface area contributed by atoms with Gasteiger partial charge in [0.1, 0.15) is 17.6 Å². The van der Waals surface area contributed by atoms with Crippen molar-refractivity contribution < 1.29 is 14.3 Å². The molecule has 0 saturated carbocycles. The number of amides is 1. The molecule has 3 aromatic rings. The van der Waals surface area contributed by atoms with Crippen LogP contribution in [-0.4, -0.2) is 41.6 Å². The molecular weight excluding hydrogens is 390 g/mol. The van der Waals surface area contributed by atoms with Crippen LogP contribution >= 0.6 is 0 Å². The third-order valence-electron chi connectivity index (χ3n) is 5.96. The number of likely N-dealkylation sites (tertiary alicyclic amines) is 1. The Morgan fingerprint density at radius 1 is 1.03 bits per heavy atom. The van der Waals surface area contributed by atoms with Crippen LogP contribution < -0.4 is 14.4 Å². The van der Waals surface area contributed by atoms with E-state index in [1.165, 1.54) is 0 Å². The Morgan fingerprint density at radius 2 is 1.84 bits per heavy atom. The molecule has 31 heavy (non-hydrogen) atoms. The second-order valence-corrected chi connectivity index (χ2v) is 7.98. The van der Waals surface area contributed by atoms with Gasteiger partial charge < -0.3 is 14.4 Å². The van der Waals surface area contributed by atoms with Gasteiger partial charge in [-0.05, 0) is 42.0 Å². The van der Waals surface area contributed by atoms with Crippen molar-refractivity contribution in [2.24, 2.45) is 0 Å². The predicted molar refractivity (Wildman–Crippen MR) is 118 cm³/mol. The molecule has 0 radical (unpaired) electrons. The first-order valence-electron chi connectivity index (χ1n) is 10.6. The molecule has 2 aromatic carbocycles. The topological polar surface area (TPSA) is 54.9 Å². The van der Waals surface area contributed by atoms with Crippen molar-refractivity contribution in [2.75, 3.05) is 18.6 Å². The number of carbonyl (C=O) groups is 1. The zero-order valence-electron chi connectivity index (χ0n) is 17.5. The van der Waals surface area contributed by atoms with Crippen LogP contribution in [0.1, 0.15) is 17.7 Å². The van der Waals surface area contributed by atoms with Crippen LogP contribution in [0.25, 0.3) is 0 Å². The molecular formula is C25H25N3O3. The van der Waals surface area contributed by atoms with E-state index in [2.05, 4.69) is 9.88 Å². The molecule has 1 fully saturated rings. The number of rotatable bonds is 5. The molecule has 0 N–H and O–H groups in total. The second-order valence-electron chi connectivity index (χ2n) is 7.98. The third-order valence-corrected chi connectivity index (χ3v) is 5.96. The first-order chi connectivity index (χ1) is 15.2. The van der Waals surface area contributed by atoms with Gasteiger partial charge in [0.25, 0.3) is 0 Å². The molecule has 2 aliphatic heterocycles. The summed E-state index contributed by atoms with van der Waals surface area (Å²) in [5.74, 6) is 1.66. The zero-order chi connectivity index (χ0) is 21.2. The lowest BCUT2D eigenvalue weighted by Crippen LogP contribution is -2.45. The van der Waals surface area contributed by atoms with Crippen molar-refractivity contribution in [3.63, 3.8) is 0 Å². The molecule has 158 valence electrons. The number of carbonyl (C=O) groups excluding carboxylic acids is 1. The van der Waals surface area contributed by atoms with Crippen molar-refractivity contribution in [3.8, 4) is 11.5 Å². The van der Waals surface area contributed by atoms with Crippen LogP contribution in [0.4, 0.5) is 5.69 Å². The molecule has 1 amide bonds. The molecule has 2 atom stereocenters. The van der Waals surface area contributed by atoms with Crippen molar-refractivity contribution >= 4 is 11.6 Å². The Bertz CT molecular complexity index is 1060. The van der Waals surface area contributed by atoms with Gasteiger partial charge in [-0.15, -0.1) is 0 Å². The maximum atomic E-state index is 13.8. The average molecular weight is 415 g/mol. The fourth-order valence-corrected chi connectivity index (χ4v) is 4.41. The predicted octanol–water partition coefficient (Wildman–Crippen LogP) is 3.66. The van der Waals surface area contributed by atoms with Crippen molar-refractivity contribution in [1.29, 1.82) is 0 Å². The van der Waals surface area contributed by atoms with Crippen LogP contribution in [0.3, 0.4) is 0 Å². The Balaban J connectivity index is 1.47. The van der Waals surface area contributed by atoms with Crippen molar-refractivity contribution in [2.45, 2.75) is 31.7 Å². The summed E-state index contributed by atoms with van der Waals surface area (Å²) in [5.41, 5.74) is 2.81. The highest BCUT2D eigenvalue weighted by molar-refractivity contribution is 5.99. The number of ether oxygens (including phenoxy) is 2. The van der Waals surface area contributed by atoms with Gasteiger partial charge in [-0.3, -0.25) is 14.7 Å². The van der Waals surface area contributed by atoms with Gasteiger partial charge in [0, 0.05) is 25.7 Å². The summed E-state index contributed by atoms with van der Waals surface area (Å²) >= 11 is 0. The smallest absolute Gasteiger partial charge is 0.244 e. The van der Waals surface area contributed by atoms with Crippen molar-refractivity contribution in [3.05, 3.63) is 84.2 Å². The highest BCUT2D eigenvalue weighted by Crippen LogP contribution is 2.37. The van der Waals surface area contributed by atoms with E-state index in [4.69, 9.17) is 9.47 Å². The summed E-state index contributed by atoms with van der Waals surface area (Å²) in [4.78, 5) is 22.3. The molecule has 2 unspecified atom stereocenters. The number of fused-ring (bicyclic) bond motifs is 3. The van der Waals surface area contributed by atoms with E-state index >= 15 is 0 Å². The maximum absolute atomic E-state index is 13.8. The lowest BCUT2D eigenvalue weighted by molar-refractivity contribution is -0.123. The zero-order valence-corrected chi connectivity index (χ0v) is 17.5. The van der Waals surface area contributed by atoms with E-state index in [1.54, 1.807) is 13.3 Å². The molecule has 6 nitrogen and oxygen atoms in total. The van der Waals surface area contributed by atoms with Gasteiger partial charge in [-0.25, -0.2) is 0 Å². The Labute approximate surface area is 182 Å². The van der Waals surface area contributed by atoms with Gasteiger partial charge in [0.2, 0.25) is 5.91 Å². The van der Waals surface area contributed by atoms with Crippen LogP contribution in [0, 0.1) is 0 Å². The lowest BCUT2D eigenvalue weighted by Gasteiger charge is -2.32. The summed E-state index contributed by atoms with van der Waals surface area (Å²) in [5, 5.41) is 0. The molecule has 6 heteroatoms. The number of methoxy groups -OCH3 is 1. The Morgan fingerprint density at radius 3 is 2.61 bits per heavy atom. The summed E-state index contributed by atoms with van der Waals surface area (Å²) in [6.45, 7) is 1.81. The molecule has 1 aromatic heterocycles. The quantitative estimate of drug-likeness (QED) is 0.637. The molecule has 0 aliphatic carbocycles. The number of benzene rings is 2. The van der Waals surface area contributed by atoms with Gasteiger partial charge in [-0.1, -0.05) is 30.3 Å². The fourth-order valence-electron chi connectivity index (χ4n) is 4.41. The van der Waals surface area contributed by atoms with E-state index in [-0.39, 0.29) is 18.1 Å². The number of nitrogens with zero attached hydrogens (tertiary/aromatic N) is 3. The summed E-state index contributed by atoms with van der Waals surface area (Å²) in [6, 6.07) is 21.3. The van der Waals surface area contributed by atoms with E-state index < -0.39 is 0 Å². The number of hydrogen-bond donors (Lipinski definition) is 0. The minimum absolute atomic E-state index is 0.0121. The number of anilines is 1. The van der Waals surface area contributed by atoms with Crippen LogP contribution in [0.5, 0.6) is 11.5 Å². The third kappa shape index (κ3) is 3.99. The number of aromatic nitrogens is 1. The second kappa shape index (κ2) is 8.40. The van der Waals surface area contributed by atoms with Crippen LogP contribution in [-0.2, 0) is 17.9 Å². The largest absolute Gasteiger partial charge is 0.497 e. The fraction of sp³-hybridized carbons (Fsp3) is 0.280. The maximum Gasteiger partial charge on any atom is 0.244 e. The Hall–Kier alpha value is -3.38. The van der Waals surface area contributed by atoms with E-state index in [0.29, 0.717) is 26.1 Å². The number of pyridine rings is 1. The first kappa shape index (κ1) is 19.6. The first-order valence-corrected chi connectivity index (χ1v) is 10.6. The highest BCUT2D eigenvalue weighted by atomic mass is 16.5. The molecule has 1 saturated heterocycles. The number of para-hydroxylation sites is 2. The van der Waals surface area contributed by atoms with Gasteiger partial charge >= 0.3 is 0 Å². The van der Waals surface area contributed by atoms with Gasteiger partial charge in [0.15, 0.2) is 0 Å². The summed E-state index contributed by atoms with van der Waals surface area (Å²) in [7, 11) is 1.65. The highest BCUT2D eigenvalue weighted by Gasteiger charge is 2.42. The molecule has 3 heterocycles. The monoisotopic (exact) mass is 415 g/mol. The molecule has 0 spiro atoms. The number of hydrogen-bond acceptors (Lipinski definition) is 5. The van der Waals surface area contributed by atoms with Gasteiger partial charge in [-0.2, -0.15) is 0 Å². The van der Waals surface area contributed by atoms with Crippen LogP contribution in [0.15, 0.2) is 72.9 Å². The minimum atomic E-state index is -0.237. The van der Waals surface area contributed by atoms with Crippen molar-refractivity contribution in [1.82, 2.24) is 9.88 Å². The standard InChI is InChI=1S/C25H25N3O3/c1-30-20-11-9-18(10-12-20)15-28-22-7-2-3-8-24(22)31-21-14-23(25(28)29)27(17-21)16-19-6-4-5-13-26-19/h2-13,21,23H,14-17H2,1H3. The SMILES string of the molecule is COc1ccc(CN2C(=O)C3CC(CN3Cc3ccccn3)Oc3ccccc32)cc1. The summed E-state index contributed by atoms with van der Waals surface area (Å²) < 4.78 is 11.6. The van der Waals surface area contributed by atoms with Crippen LogP contribution in [0.2, 0.25) is 0 Å². The normalized spacial score (nSPS) is 20.5. The molecule has 5 rings (SSSR count). The average Bonchev–Trinajstić information content (AvgIpc) is 3.21. The minimum Gasteiger partial charge on any atom is -0.497 e. The van der Waals surface area contributed by atoms with E-state index in [0.717, 1.165) is 28.4 Å². The Kier molecular flexibility index (Phi) is 5.30.